The van der Waals surface area contributed by atoms with Crippen LogP contribution in [0.25, 0.3) is 99.2 Å². The quantitative estimate of drug-likeness (QED) is 0.170. The molecule has 9 aromatic carbocycles. The van der Waals surface area contributed by atoms with Crippen LogP contribution in [0.2, 0.25) is 0 Å². The minimum atomic E-state index is 0.795. The van der Waals surface area contributed by atoms with Gasteiger partial charge in [-0.2, -0.15) is 0 Å². The van der Waals surface area contributed by atoms with Gasteiger partial charge in [0.15, 0.2) is 5.58 Å². The van der Waals surface area contributed by atoms with Crippen LogP contribution in [0.1, 0.15) is 0 Å². The lowest BCUT2D eigenvalue weighted by Gasteiger charge is -2.29. The highest BCUT2D eigenvalue weighted by Crippen LogP contribution is 2.54. The van der Waals surface area contributed by atoms with Crippen molar-refractivity contribution in [2.45, 2.75) is 0 Å². The zero-order chi connectivity index (χ0) is 38.2. The van der Waals surface area contributed by atoms with Crippen molar-refractivity contribution >= 4 is 82.9 Å². The summed E-state index contributed by atoms with van der Waals surface area (Å²) in [5, 5.41) is 6.20. The summed E-state index contributed by atoms with van der Waals surface area (Å²) < 4.78 is 20.8. The van der Waals surface area contributed by atoms with Gasteiger partial charge in [0, 0.05) is 38.2 Å². The molecule has 0 saturated carbocycles. The Kier molecular flexibility index (Phi) is 7.20. The van der Waals surface area contributed by atoms with Crippen molar-refractivity contribution in [3.63, 3.8) is 0 Å². The van der Waals surface area contributed by atoms with Crippen LogP contribution in [0, 0.1) is 0 Å². The molecule has 0 radical (unpaired) electrons. The highest BCUT2D eigenvalue weighted by atomic mass is 16.3. The minimum Gasteiger partial charge on any atom is -0.455 e. The normalized spacial score (nSPS) is 11.8. The van der Waals surface area contributed by atoms with Gasteiger partial charge in [0.1, 0.15) is 27.9 Å². The van der Waals surface area contributed by atoms with Crippen molar-refractivity contribution in [1.82, 2.24) is 0 Å². The van der Waals surface area contributed by atoms with Gasteiger partial charge in [0.05, 0.1) is 27.8 Å². The summed E-state index contributed by atoms with van der Waals surface area (Å²) >= 11 is 0. The molecule has 0 saturated heterocycles. The second-order valence-corrected chi connectivity index (χ2v) is 14.7. The molecule has 0 aliphatic carbocycles. The van der Waals surface area contributed by atoms with Crippen molar-refractivity contribution in [1.29, 1.82) is 0 Å². The Morgan fingerprint density at radius 3 is 1.52 bits per heavy atom. The van der Waals surface area contributed by atoms with Gasteiger partial charge >= 0.3 is 0 Å². The summed E-state index contributed by atoms with van der Waals surface area (Å²) in [7, 11) is 0. The number of fused-ring (bicyclic) bond motifs is 9. The molecular formula is C54H33NO3. The smallest absolute Gasteiger partial charge is 0.159 e. The van der Waals surface area contributed by atoms with E-state index in [1.54, 1.807) is 0 Å². The lowest BCUT2D eigenvalue weighted by atomic mass is 9.95. The second kappa shape index (κ2) is 12.9. The number of nitrogens with zero attached hydrogens (tertiary/aromatic N) is 1. The van der Waals surface area contributed by atoms with E-state index in [0.717, 1.165) is 116 Å². The Labute approximate surface area is 333 Å². The summed E-state index contributed by atoms with van der Waals surface area (Å²) in [4.78, 5) is 2.40. The Morgan fingerprint density at radius 2 is 0.793 bits per heavy atom. The maximum atomic E-state index is 6.98. The molecule has 4 nitrogen and oxygen atoms in total. The predicted octanol–water partition coefficient (Wildman–Crippen LogP) is 15.9. The van der Waals surface area contributed by atoms with E-state index in [1.165, 1.54) is 0 Å². The van der Waals surface area contributed by atoms with Crippen molar-refractivity contribution in [3.05, 3.63) is 200 Å². The third-order valence-corrected chi connectivity index (χ3v) is 11.5. The van der Waals surface area contributed by atoms with Crippen LogP contribution in [0.5, 0.6) is 0 Å². The molecule has 58 heavy (non-hydrogen) atoms. The average molecular weight is 744 g/mol. The van der Waals surface area contributed by atoms with Crippen LogP contribution in [0.4, 0.5) is 17.1 Å². The highest BCUT2D eigenvalue weighted by molar-refractivity contribution is 6.24. The van der Waals surface area contributed by atoms with E-state index in [2.05, 4.69) is 175 Å². The largest absolute Gasteiger partial charge is 0.455 e. The summed E-state index contributed by atoms with van der Waals surface area (Å²) in [5.41, 5.74) is 14.2. The van der Waals surface area contributed by atoms with Crippen molar-refractivity contribution in [2.75, 3.05) is 4.90 Å². The van der Waals surface area contributed by atoms with Crippen LogP contribution < -0.4 is 4.90 Å². The molecule has 12 rings (SSSR count). The van der Waals surface area contributed by atoms with Crippen LogP contribution in [-0.2, 0) is 0 Å². The number of anilines is 3. The van der Waals surface area contributed by atoms with Gasteiger partial charge in [-0.1, -0.05) is 158 Å². The number of para-hydroxylation sites is 4. The van der Waals surface area contributed by atoms with Gasteiger partial charge in [-0.3, -0.25) is 0 Å². The van der Waals surface area contributed by atoms with Crippen LogP contribution >= 0.6 is 0 Å². The molecule has 0 amide bonds. The number of furan rings is 3. The molecule has 0 unspecified atom stereocenters. The molecule has 0 atom stereocenters. The fraction of sp³-hybridized carbons (Fsp3) is 0. The molecule has 0 aliphatic rings. The maximum Gasteiger partial charge on any atom is 0.159 e. The molecule has 3 aromatic heterocycles. The number of hydrogen-bond donors (Lipinski definition) is 0. The molecule has 272 valence electrons. The third-order valence-electron chi connectivity index (χ3n) is 11.5. The maximum absolute atomic E-state index is 6.98. The van der Waals surface area contributed by atoms with E-state index in [1.807, 2.05) is 30.3 Å². The number of hydrogen-bond acceptors (Lipinski definition) is 4. The average Bonchev–Trinajstić information content (AvgIpc) is 4.00. The van der Waals surface area contributed by atoms with Crippen molar-refractivity contribution in [3.8, 4) is 33.4 Å². The summed E-state index contributed by atoms with van der Waals surface area (Å²) in [6.07, 6.45) is 0. The fourth-order valence-electron chi connectivity index (χ4n) is 8.92. The van der Waals surface area contributed by atoms with Crippen LogP contribution in [-0.4, -0.2) is 0 Å². The topological polar surface area (TPSA) is 42.7 Å². The van der Waals surface area contributed by atoms with Gasteiger partial charge < -0.3 is 18.2 Å². The van der Waals surface area contributed by atoms with Gasteiger partial charge in [-0.15, -0.1) is 0 Å². The molecule has 4 heteroatoms. The van der Waals surface area contributed by atoms with Crippen molar-refractivity contribution < 1.29 is 13.3 Å². The Bertz CT molecular complexity index is 3500. The monoisotopic (exact) mass is 743 g/mol. The highest BCUT2D eigenvalue weighted by Gasteiger charge is 2.30. The first kappa shape index (κ1) is 32.4. The zero-order valence-electron chi connectivity index (χ0n) is 31.2. The van der Waals surface area contributed by atoms with E-state index in [-0.39, 0.29) is 0 Å². The van der Waals surface area contributed by atoms with Crippen LogP contribution in [0.3, 0.4) is 0 Å². The van der Waals surface area contributed by atoms with Gasteiger partial charge in [0.2, 0.25) is 0 Å². The first-order valence-electron chi connectivity index (χ1n) is 19.6. The van der Waals surface area contributed by atoms with E-state index in [0.29, 0.717) is 0 Å². The molecule has 0 spiro atoms. The molecule has 0 bridgehead atoms. The Morgan fingerprint density at radius 1 is 0.276 bits per heavy atom. The summed E-state index contributed by atoms with van der Waals surface area (Å²) in [6, 6.07) is 70.0. The number of benzene rings is 9. The summed E-state index contributed by atoms with van der Waals surface area (Å²) in [5.74, 6) is 0. The SMILES string of the molecule is c1ccc(-c2ccc3oc4c(-c5ccccc5)cccc4c3c2N(c2cccc3c2oc2ccccc23)c2ccc(-c3ccccc3)c3oc4ccccc4c23)cc1. The first-order valence-corrected chi connectivity index (χ1v) is 19.6. The molecule has 0 aliphatic heterocycles. The Balaban J connectivity index is 1.28. The summed E-state index contributed by atoms with van der Waals surface area (Å²) in [6.45, 7) is 0. The fourth-order valence-corrected chi connectivity index (χ4v) is 8.92. The lowest BCUT2D eigenvalue weighted by Crippen LogP contribution is -2.12. The molecule has 0 fully saturated rings. The molecule has 3 heterocycles. The van der Waals surface area contributed by atoms with E-state index >= 15 is 0 Å². The Hall–Kier alpha value is -7.82. The standard InChI is InChI=1S/C54H33NO3/c1-4-16-34(17-5-1)37-31-33-48-50(43-26-14-24-38(52(43)58-48)35-18-6-2-7-19-35)51(37)55(45-27-15-25-41-40-22-10-12-28-46(40)56-53(41)45)44-32-30-39(36-20-8-3-9-21-36)54-49(44)42-23-11-13-29-47(42)57-54/h1-33H. The van der Waals surface area contributed by atoms with Gasteiger partial charge in [0.25, 0.3) is 0 Å². The number of rotatable bonds is 6. The van der Waals surface area contributed by atoms with E-state index in [4.69, 9.17) is 13.3 Å². The van der Waals surface area contributed by atoms with E-state index in [9.17, 15) is 0 Å². The zero-order valence-corrected chi connectivity index (χ0v) is 31.2. The van der Waals surface area contributed by atoms with Gasteiger partial charge in [-0.25, -0.2) is 0 Å². The van der Waals surface area contributed by atoms with Gasteiger partial charge in [-0.05, 0) is 59.2 Å². The van der Waals surface area contributed by atoms with Crippen molar-refractivity contribution in [2.24, 2.45) is 0 Å². The minimum absolute atomic E-state index is 0.795. The lowest BCUT2D eigenvalue weighted by molar-refractivity contribution is 0.668. The third kappa shape index (κ3) is 4.88. The molecule has 12 aromatic rings. The van der Waals surface area contributed by atoms with Crippen LogP contribution in [0.15, 0.2) is 213 Å². The van der Waals surface area contributed by atoms with E-state index < -0.39 is 0 Å². The first-order chi connectivity index (χ1) is 28.8. The molecule has 0 N–H and O–H groups in total. The second-order valence-electron chi connectivity index (χ2n) is 14.7. The molecular weight excluding hydrogens is 711 g/mol. The predicted molar refractivity (Wildman–Crippen MR) is 239 cm³/mol.